The van der Waals surface area contributed by atoms with Crippen LogP contribution in [0.1, 0.15) is 18.4 Å². The standard InChI is InChI=1S/C15H11ClO3.Na/c1-3-9-15(10-4-2,13(17)14(18)19)11-5-7-12(16)8-6-11;/h1-2,5-8H,9-10H2,(H,18,19);/q;+1/p-1. The second-order valence-corrected chi connectivity index (χ2v) is 4.40. The van der Waals surface area contributed by atoms with Gasteiger partial charge in [0.1, 0.15) is 5.97 Å². The van der Waals surface area contributed by atoms with Crippen LogP contribution >= 0.6 is 11.6 Å². The van der Waals surface area contributed by atoms with Crippen molar-refractivity contribution >= 4 is 23.4 Å². The monoisotopic (exact) mass is 296 g/mol. The van der Waals surface area contributed by atoms with Gasteiger partial charge in [-0.15, -0.1) is 24.7 Å². The molecule has 0 saturated carbocycles. The van der Waals surface area contributed by atoms with Gasteiger partial charge in [-0.3, -0.25) is 4.79 Å². The predicted molar refractivity (Wildman–Crippen MR) is 70.0 cm³/mol. The average Bonchev–Trinajstić information content (AvgIpc) is 2.38. The van der Waals surface area contributed by atoms with E-state index in [4.69, 9.17) is 24.4 Å². The van der Waals surface area contributed by atoms with Crippen LogP contribution in [0.15, 0.2) is 24.3 Å². The summed E-state index contributed by atoms with van der Waals surface area (Å²) in [5.74, 6) is 1.68. The third-order valence-corrected chi connectivity index (χ3v) is 3.08. The van der Waals surface area contributed by atoms with Crippen LogP contribution in [0, 0.1) is 24.7 Å². The molecule has 0 aromatic heterocycles. The number of benzene rings is 1. The van der Waals surface area contributed by atoms with E-state index in [1.165, 1.54) is 12.1 Å². The molecule has 0 aliphatic heterocycles. The van der Waals surface area contributed by atoms with E-state index in [9.17, 15) is 14.7 Å². The Balaban J connectivity index is 0.00000361. The maximum absolute atomic E-state index is 11.9. The Morgan fingerprint density at radius 1 is 1.15 bits per heavy atom. The Morgan fingerprint density at radius 2 is 1.60 bits per heavy atom. The molecule has 1 aromatic rings. The fourth-order valence-corrected chi connectivity index (χ4v) is 2.00. The Labute approximate surface area is 145 Å². The van der Waals surface area contributed by atoms with Gasteiger partial charge in [-0.05, 0) is 17.7 Å². The van der Waals surface area contributed by atoms with E-state index in [2.05, 4.69) is 11.8 Å². The van der Waals surface area contributed by atoms with Crippen LogP contribution in [0.4, 0.5) is 0 Å². The van der Waals surface area contributed by atoms with Gasteiger partial charge >= 0.3 is 29.6 Å². The number of carbonyl (C=O) groups is 2. The first-order valence-electron chi connectivity index (χ1n) is 5.36. The molecule has 0 fully saturated rings. The van der Waals surface area contributed by atoms with E-state index in [1.807, 2.05) is 0 Å². The normalized spacial score (nSPS) is 9.75. The van der Waals surface area contributed by atoms with Crippen molar-refractivity contribution in [1.82, 2.24) is 0 Å². The molecule has 96 valence electrons. The number of rotatable bonds is 5. The minimum absolute atomic E-state index is 0. The van der Waals surface area contributed by atoms with Crippen LogP contribution in [0.2, 0.25) is 5.02 Å². The van der Waals surface area contributed by atoms with Gasteiger partial charge in [0.2, 0.25) is 0 Å². The quantitative estimate of drug-likeness (QED) is 0.357. The molecular formula is C15H10ClNaO3. The van der Waals surface area contributed by atoms with Crippen molar-refractivity contribution in [2.45, 2.75) is 18.3 Å². The fraction of sp³-hybridized carbons (Fsp3) is 0.200. The Bertz CT molecular complexity index is 563. The molecular weight excluding hydrogens is 287 g/mol. The minimum Gasteiger partial charge on any atom is -0.542 e. The molecule has 0 radical (unpaired) electrons. The summed E-state index contributed by atoms with van der Waals surface area (Å²) < 4.78 is 0. The number of hydrogen-bond donors (Lipinski definition) is 0. The van der Waals surface area contributed by atoms with Crippen molar-refractivity contribution in [3.63, 3.8) is 0 Å². The van der Waals surface area contributed by atoms with Crippen LogP contribution in [-0.4, -0.2) is 11.8 Å². The second-order valence-electron chi connectivity index (χ2n) is 3.97. The molecule has 0 N–H and O–H groups in total. The smallest absolute Gasteiger partial charge is 0.542 e. The molecule has 20 heavy (non-hydrogen) atoms. The van der Waals surface area contributed by atoms with E-state index < -0.39 is 17.2 Å². The molecule has 0 bridgehead atoms. The van der Waals surface area contributed by atoms with Gasteiger partial charge in [-0.25, -0.2) is 0 Å². The van der Waals surface area contributed by atoms with Gasteiger partial charge < -0.3 is 9.90 Å². The molecule has 0 aliphatic rings. The number of ketones is 1. The Kier molecular flexibility index (Phi) is 7.64. The van der Waals surface area contributed by atoms with Gasteiger partial charge in [-0.2, -0.15) is 0 Å². The number of carboxylic acids is 1. The fourth-order valence-electron chi connectivity index (χ4n) is 1.87. The van der Waals surface area contributed by atoms with E-state index >= 15 is 0 Å². The molecule has 0 aliphatic carbocycles. The maximum Gasteiger partial charge on any atom is 1.00 e. The first-order chi connectivity index (χ1) is 8.97. The summed E-state index contributed by atoms with van der Waals surface area (Å²) in [4.78, 5) is 22.9. The molecule has 0 unspecified atom stereocenters. The maximum atomic E-state index is 11.9. The Morgan fingerprint density at radius 3 is 1.95 bits per heavy atom. The van der Waals surface area contributed by atoms with Crippen molar-refractivity contribution < 1.29 is 44.3 Å². The molecule has 1 rings (SSSR count). The number of hydrogen-bond acceptors (Lipinski definition) is 3. The van der Waals surface area contributed by atoms with Crippen molar-refractivity contribution in [2.75, 3.05) is 0 Å². The van der Waals surface area contributed by atoms with Crippen LogP contribution in [-0.2, 0) is 15.0 Å². The van der Waals surface area contributed by atoms with Gasteiger partial charge in [-0.1, -0.05) is 23.7 Å². The van der Waals surface area contributed by atoms with E-state index in [0.29, 0.717) is 10.6 Å². The van der Waals surface area contributed by atoms with Crippen molar-refractivity contribution in [3.05, 3.63) is 34.9 Å². The molecule has 0 amide bonds. The molecule has 3 nitrogen and oxygen atoms in total. The van der Waals surface area contributed by atoms with E-state index in [0.717, 1.165) is 0 Å². The van der Waals surface area contributed by atoms with Gasteiger partial charge in [0.05, 0.1) is 5.41 Å². The zero-order valence-electron chi connectivity index (χ0n) is 11.0. The van der Waals surface area contributed by atoms with Crippen molar-refractivity contribution in [2.24, 2.45) is 0 Å². The van der Waals surface area contributed by atoms with Crippen molar-refractivity contribution in [1.29, 1.82) is 0 Å². The van der Waals surface area contributed by atoms with Crippen LogP contribution < -0.4 is 34.7 Å². The van der Waals surface area contributed by atoms with Gasteiger partial charge in [0.25, 0.3) is 0 Å². The number of carboxylic acid groups (broad SMARTS) is 1. The van der Waals surface area contributed by atoms with Crippen LogP contribution in [0.25, 0.3) is 0 Å². The molecule has 0 heterocycles. The molecule has 1 aromatic carbocycles. The summed E-state index contributed by atoms with van der Waals surface area (Å²) in [6.07, 6.45) is 10.2. The number of carbonyl (C=O) groups excluding carboxylic acids is 2. The molecule has 5 heteroatoms. The SMILES string of the molecule is C#CCC(CC#C)(C(=O)C(=O)[O-])c1ccc(Cl)cc1.[Na+]. The zero-order chi connectivity index (χ0) is 14.5. The van der Waals surface area contributed by atoms with Gasteiger partial charge in [0.15, 0.2) is 5.78 Å². The number of aliphatic carboxylic acids is 1. The van der Waals surface area contributed by atoms with Gasteiger partial charge in [0, 0.05) is 17.9 Å². The van der Waals surface area contributed by atoms with Crippen LogP contribution in [0.5, 0.6) is 0 Å². The van der Waals surface area contributed by atoms with E-state index in [-0.39, 0.29) is 42.4 Å². The molecule has 0 spiro atoms. The van der Waals surface area contributed by atoms with E-state index in [1.54, 1.807) is 12.1 Å². The summed E-state index contributed by atoms with van der Waals surface area (Å²) in [5.41, 5.74) is -1.05. The summed E-state index contributed by atoms with van der Waals surface area (Å²) in [6, 6.07) is 6.16. The minimum atomic E-state index is -1.81. The number of halogens is 1. The summed E-state index contributed by atoms with van der Waals surface area (Å²) >= 11 is 5.76. The number of terminal acetylenes is 2. The third kappa shape index (κ3) is 3.88. The summed E-state index contributed by atoms with van der Waals surface area (Å²) in [7, 11) is 0. The molecule has 0 saturated heterocycles. The first-order valence-corrected chi connectivity index (χ1v) is 5.74. The largest absolute Gasteiger partial charge is 1.00 e. The van der Waals surface area contributed by atoms with Crippen molar-refractivity contribution in [3.8, 4) is 24.7 Å². The average molecular weight is 297 g/mol. The number of Topliss-reactive ketones (excluding diaryl/α,β-unsaturated/α-hetero) is 1. The predicted octanol–water partition coefficient (Wildman–Crippen LogP) is -2.05. The topological polar surface area (TPSA) is 57.2 Å². The first kappa shape index (κ1) is 18.8. The third-order valence-electron chi connectivity index (χ3n) is 2.82. The molecule has 0 atom stereocenters. The zero-order valence-corrected chi connectivity index (χ0v) is 13.7. The second kappa shape index (κ2) is 8.15. The Hall–Kier alpha value is -1.23. The summed E-state index contributed by atoms with van der Waals surface area (Å²) in [5, 5.41) is 11.4. The summed E-state index contributed by atoms with van der Waals surface area (Å²) in [6.45, 7) is 0. The van der Waals surface area contributed by atoms with Crippen LogP contribution in [0.3, 0.4) is 0 Å².